The Morgan fingerprint density at radius 1 is 1.20 bits per heavy atom. The summed E-state index contributed by atoms with van der Waals surface area (Å²) in [5.41, 5.74) is 5.35. The Morgan fingerprint density at radius 3 is 2.32 bits per heavy atom. The standard InChI is InChI=1S/C19H25NO4S/c1-3-12-15(25-10-11-8-6-5-7-9-11)13-14(16(21)22)18(13,4-2)19(12,20)17(23)24/h5-9,12-15H,3-4,10,20H2,1-2H3,(H,21,22)(H,23,24). The predicted octanol–water partition coefficient (Wildman–Crippen LogP) is 2.84. The first-order valence-corrected chi connectivity index (χ1v) is 9.81. The number of carbonyl (C=O) groups is 2. The molecule has 2 aliphatic rings. The molecule has 0 bridgehead atoms. The molecule has 25 heavy (non-hydrogen) atoms. The van der Waals surface area contributed by atoms with Gasteiger partial charge in [0, 0.05) is 22.3 Å². The third-order valence-electron chi connectivity index (χ3n) is 6.44. The summed E-state index contributed by atoms with van der Waals surface area (Å²) in [7, 11) is 0. The van der Waals surface area contributed by atoms with E-state index in [2.05, 4.69) is 0 Å². The smallest absolute Gasteiger partial charge is 0.324 e. The van der Waals surface area contributed by atoms with Crippen LogP contribution in [0.4, 0.5) is 0 Å². The van der Waals surface area contributed by atoms with Crippen LogP contribution in [0.3, 0.4) is 0 Å². The average molecular weight is 363 g/mol. The molecule has 2 saturated carbocycles. The number of hydrogen-bond donors (Lipinski definition) is 3. The van der Waals surface area contributed by atoms with Crippen molar-refractivity contribution >= 4 is 23.7 Å². The minimum Gasteiger partial charge on any atom is -0.481 e. The van der Waals surface area contributed by atoms with Crippen LogP contribution in [0.15, 0.2) is 30.3 Å². The molecular formula is C19H25NO4S. The third kappa shape index (κ3) is 2.34. The van der Waals surface area contributed by atoms with E-state index in [-0.39, 0.29) is 17.1 Å². The Morgan fingerprint density at radius 2 is 1.84 bits per heavy atom. The lowest BCUT2D eigenvalue weighted by molar-refractivity contribution is -0.150. The van der Waals surface area contributed by atoms with Gasteiger partial charge in [-0.2, -0.15) is 11.8 Å². The van der Waals surface area contributed by atoms with Crippen LogP contribution >= 0.6 is 11.8 Å². The minimum atomic E-state index is -1.47. The van der Waals surface area contributed by atoms with Gasteiger partial charge in [-0.15, -0.1) is 0 Å². The van der Waals surface area contributed by atoms with Crippen molar-refractivity contribution in [3.63, 3.8) is 0 Å². The van der Waals surface area contributed by atoms with Gasteiger partial charge < -0.3 is 15.9 Å². The number of aliphatic carboxylic acids is 2. The fraction of sp³-hybridized carbons (Fsp3) is 0.579. The molecule has 6 heteroatoms. The molecule has 0 saturated heterocycles. The van der Waals surface area contributed by atoms with Crippen molar-refractivity contribution in [3.05, 3.63) is 35.9 Å². The Balaban J connectivity index is 1.95. The van der Waals surface area contributed by atoms with Gasteiger partial charge in [0.25, 0.3) is 0 Å². The molecule has 6 unspecified atom stereocenters. The maximum atomic E-state index is 12.2. The summed E-state index contributed by atoms with van der Waals surface area (Å²) in [5.74, 6) is -2.29. The van der Waals surface area contributed by atoms with Crippen LogP contribution in [-0.4, -0.2) is 32.9 Å². The summed E-state index contributed by atoms with van der Waals surface area (Å²) in [6.45, 7) is 3.83. The molecule has 0 aliphatic heterocycles. The van der Waals surface area contributed by atoms with Crippen LogP contribution in [0.2, 0.25) is 0 Å². The van der Waals surface area contributed by atoms with Crippen molar-refractivity contribution < 1.29 is 19.8 Å². The highest BCUT2D eigenvalue weighted by Gasteiger charge is 2.86. The lowest BCUT2D eigenvalue weighted by Gasteiger charge is -2.38. The number of benzene rings is 1. The van der Waals surface area contributed by atoms with Crippen molar-refractivity contribution in [3.8, 4) is 0 Å². The van der Waals surface area contributed by atoms with E-state index in [1.165, 1.54) is 0 Å². The monoisotopic (exact) mass is 363 g/mol. The number of nitrogens with two attached hydrogens (primary N) is 1. The van der Waals surface area contributed by atoms with Gasteiger partial charge in [-0.05, 0) is 24.3 Å². The second-order valence-electron chi connectivity index (χ2n) is 7.19. The minimum absolute atomic E-state index is 0.0487. The lowest BCUT2D eigenvalue weighted by Crippen LogP contribution is -2.60. The molecule has 0 amide bonds. The number of thioether (sulfide) groups is 1. The fourth-order valence-corrected chi connectivity index (χ4v) is 7.18. The molecule has 0 spiro atoms. The first kappa shape index (κ1) is 18.3. The molecule has 3 rings (SSSR count). The van der Waals surface area contributed by atoms with Crippen LogP contribution in [-0.2, 0) is 15.3 Å². The van der Waals surface area contributed by atoms with Crippen molar-refractivity contribution in [2.75, 3.05) is 0 Å². The van der Waals surface area contributed by atoms with Crippen LogP contribution < -0.4 is 5.73 Å². The van der Waals surface area contributed by atoms with Crippen LogP contribution in [0.1, 0.15) is 32.3 Å². The first-order chi connectivity index (χ1) is 11.9. The summed E-state index contributed by atoms with van der Waals surface area (Å²) in [6, 6.07) is 9.96. The fourth-order valence-electron chi connectivity index (χ4n) is 5.36. The van der Waals surface area contributed by atoms with Gasteiger partial charge in [-0.25, -0.2) is 0 Å². The van der Waals surface area contributed by atoms with Crippen LogP contribution in [0, 0.1) is 23.2 Å². The molecule has 2 aliphatic carbocycles. The molecule has 0 radical (unpaired) electrons. The Bertz CT molecular complexity index is 681. The quantitative estimate of drug-likeness (QED) is 0.689. The van der Waals surface area contributed by atoms with E-state index in [4.69, 9.17) is 5.73 Å². The molecular weight excluding hydrogens is 338 g/mol. The summed E-state index contributed by atoms with van der Waals surface area (Å²) < 4.78 is 0. The zero-order valence-electron chi connectivity index (χ0n) is 14.5. The molecule has 1 aromatic carbocycles. The first-order valence-electron chi connectivity index (χ1n) is 8.76. The number of fused-ring (bicyclic) bond motifs is 1. The van der Waals surface area contributed by atoms with Crippen molar-refractivity contribution in [1.29, 1.82) is 0 Å². The van der Waals surface area contributed by atoms with Gasteiger partial charge in [0.2, 0.25) is 0 Å². The van der Waals surface area contributed by atoms with Gasteiger partial charge in [0.15, 0.2) is 0 Å². The topological polar surface area (TPSA) is 101 Å². The molecule has 1 aromatic rings. The zero-order chi connectivity index (χ0) is 18.4. The SMILES string of the molecule is CCC1C(SCc2ccccc2)C2C(C(=O)O)C2(CC)C1(N)C(=O)O. The summed E-state index contributed by atoms with van der Waals surface area (Å²) in [5, 5.41) is 19.6. The Labute approximate surface area is 152 Å². The summed E-state index contributed by atoms with van der Waals surface area (Å²) in [6.07, 6.45) is 1.12. The lowest BCUT2D eigenvalue weighted by atomic mass is 9.71. The number of carboxylic acid groups (broad SMARTS) is 2. The van der Waals surface area contributed by atoms with Gasteiger partial charge >= 0.3 is 11.9 Å². The maximum Gasteiger partial charge on any atom is 0.324 e. The highest BCUT2D eigenvalue weighted by molar-refractivity contribution is 7.99. The van der Waals surface area contributed by atoms with Crippen LogP contribution in [0.5, 0.6) is 0 Å². The Kier molecular flexibility index (Phi) is 4.62. The van der Waals surface area contributed by atoms with Gasteiger partial charge in [-0.3, -0.25) is 9.59 Å². The third-order valence-corrected chi connectivity index (χ3v) is 7.94. The van der Waals surface area contributed by atoms with Gasteiger partial charge in [0.05, 0.1) is 5.92 Å². The molecule has 2 fully saturated rings. The van der Waals surface area contributed by atoms with Gasteiger partial charge in [0.1, 0.15) is 5.54 Å². The van der Waals surface area contributed by atoms with Gasteiger partial charge in [-0.1, -0.05) is 44.2 Å². The second kappa shape index (κ2) is 6.32. The van der Waals surface area contributed by atoms with E-state index in [0.29, 0.717) is 12.8 Å². The number of hydrogen-bond acceptors (Lipinski definition) is 4. The van der Waals surface area contributed by atoms with E-state index in [0.717, 1.165) is 11.3 Å². The van der Waals surface area contributed by atoms with E-state index in [1.54, 1.807) is 11.8 Å². The van der Waals surface area contributed by atoms with E-state index in [1.807, 2.05) is 44.2 Å². The normalized spacial score (nSPS) is 39.0. The Hall–Kier alpha value is -1.53. The largest absolute Gasteiger partial charge is 0.481 e. The molecule has 6 atom stereocenters. The predicted molar refractivity (Wildman–Crippen MR) is 97.2 cm³/mol. The van der Waals surface area contributed by atoms with E-state index in [9.17, 15) is 19.8 Å². The molecule has 0 aromatic heterocycles. The second-order valence-corrected chi connectivity index (χ2v) is 8.35. The highest BCUT2D eigenvalue weighted by atomic mass is 32.2. The van der Waals surface area contributed by atoms with Crippen molar-refractivity contribution in [2.45, 2.75) is 43.2 Å². The maximum absolute atomic E-state index is 12.2. The van der Waals surface area contributed by atoms with Crippen molar-refractivity contribution in [1.82, 2.24) is 0 Å². The molecule has 5 nitrogen and oxygen atoms in total. The molecule has 136 valence electrons. The molecule has 0 heterocycles. The van der Waals surface area contributed by atoms with E-state index < -0.39 is 28.8 Å². The van der Waals surface area contributed by atoms with Crippen LogP contribution in [0.25, 0.3) is 0 Å². The van der Waals surface area contributed by atoms with E-state index >= 15 is 0 Å². The highest BCUT2D eigenvalue weighted by Crippen LogP contribution is 2.77. The molecule has 4 N–H and O–H groups in total. The average Bonchev–Trinajstić information content (AvgIpc) is 3.23. The summed E-state index contributed by atoms with van der Waals surface area (Å²) >= 11 is 1.67. The number of rotatable bonds is 7. The zero-order valence-corrected chi connectivity index (χ0v) is 15.3. The number of carboxylic acids is 2. The summed E-state index contributed by atoms with van der Waals surface area (Å²) in [4.78, 5) is 24.0. The van der Waals surface area contributed by atoms with Crippen molar-refractivity contribution in [2.24, 2.45) is 28.9 Å².